The van der Waals surface area contributed by atoms with Crippen LogP contribution in [-0.4, -0.2) is 30.1 Å². The molecule has 0 saturated carbocycles. The van der Waals surface area contributed by atoms with Crippen LogP contribution in [0.1, 0.15) is 58.2 Å². The van der Waals surface area contributed by atoms with Crippen molar-refractivity contribution >= 4 is 0 Å². The summed E-state index contributed by atoms with van der Waals surface area (Å²) >= 11 is 0. The van der Waals surface area contributed by atoms with Crippen LogP contribution >= 0.6 is 0 Å². The summed E-state index contributed by atoms with van der Waals surface area (Å²) < 4.78 is 13.6. The number of nitrogens with zero attached hydrogens (tertiary/aromatic N) is 1. The molecule has 2 unspecified atom stereocenters. The minimum Gasteiger partial charge on any atom is -0.309 e. The highest BCUT2D eigenvalue weighted by Gasteiger charge is 2.37. The third-order valence-corrected chi connectivity index (χ3v) is 4.75. The lowest BCUT2D eigenvalue weighted by Gasteiger charge is -2.46. The molecule has 0 heterocycles. The molecule has 0 radical (unpaired) electrons. The van der Waals surface area contributed by atoms with E-state index in [2.05, 4.69) is 44.8 Å². The number of benzene rings is 1. The minimum absolute atomic E-state index is 0.0176. The van der Waals surface area contributed by atoms with Crippen LogP contribution in [0, 0.1) is 12.7 Å². The standard InChI is InChI=1S/C18H31FN2/c1-7-18(6,21(9-3)10-4)17(20-8-2)15-11-12-16(19)14(5)13-15/h11-13,17,20H,7-10H2,1-6H3. The number of hydrogen-bond acceptors (Lipinski definition) is 2. The number of likely N-dealkylation sites (N-methyl/N-ethyl adjacent to an activating group) is 2. The van der Waals surface area contributed by atoms with E-state index in [4.69, 9.17) is 0 Å². The molecule has 3 heteroatoms. The van der Waals surface area contributed by atoms with Gasteiger partial charge in [-0.05, 0) is 57.1 Å². The van der Waals surface area contributed by atoms with Gasteiger partial charge in [-0.15, -0.1) is 0 Å². The lowest BCUT2D eigenvalue weighted by atomic mass is 9.82. The molecule has 0 aliphatic carbocycles. The first kappa shape index (κ1) is 18.1. The molecular weight excluding hydrogens is 263 g/mol. The topological polar surface area (TPSA) is 15.3 Å². The number of hydrogen-bond donors (Lipinski definition) is 1. The second kappa shape index (κ2) is 7.90. The summed E-state index contributed by atoms with van der Waals surface area (Å²) in [7, 11) is 0. The zero-order valence-electron chi connectivity index (χ0n) is 14.5. The first-order valence-corrected chi connectivity index (χ1v) is 8.18. The number of aryl methyl sites for hydroxylation is 1. The quantitative estimate of drug-likeness (QED) is 0.769. The van der Waals surface area contributed by atoms with Crippen molar-refractivity contribution in [1.29, 1.82) is 0 Å². The number of rotatable bonds is 8. The van der Waals surface area contributed by atoms with Gasteiger partial charge in [0.15, 0.2) is 0 Å². The molecule has 0 amide bonds. The van der Waals surface area contributed by atoms with E-state index in [0.29, 0.717) is 5.56 Å². The summed E-state index contributed by atoms with van der Waals surface area (Å²) in [6.07, 6.45) is 1.04. The van der Waals surface area contributed by atoms with Crippen LogP contribution in [0.4, 0.5) is 4.39 Å². The molecule has 0 fully saturated rings. The fourth-order valence-electron chi connectivity index (χ4n) is 3.30. The maximum atomic E-state index is 13.6. The van der Waals surface area contributed by atoms with Gasteiger partial charge in [0, 0.05) is 5.54 Å². The van der Waals surface area contributed by atoms with Crippen LogP contribution in [0.25, 0.3) is 0 Å². The van der Waals surface area contributed by atoms with Gasteiger partial charge in [0.2, 0.25) is 0 Å². The van der Waals surface area contributed by atoms with Crippen molar-refractivity contribution in [2.75, 3.05) is 19.6 Å². The summed E-state index contributed by atoms with van der Waals surface area (Å²) in [6.45, 7) is 15.9. The second-order valence-electron chi connectivity index (χ2n) is 5.88. The van der Waals surface area contributed by atoms with Gasteiger partial charge in [-0.3, -0.25) is 4.90 Å². The Morgan fingerprint density at radius 3 is 2.24 bits per heavy atom. The molecule has 0 bridgehead atoms. The lowest BCUT2D eigenvalue weighted by Crippen LogP contribution is -2.54. The summed E-state index contributed by atoms with van der Waals surface area (Å²) in [5.74, 6) is -0.130. The van der Waals surface area contributed by atoms with Gasteiger partial charge in [0.1, 0.15) is 5.82 Å². The van der Waals surface area contributed by atoms with E-state index in [9.17, 15) is 4.39 Å². The Morgan fingerprint density at radius 2 is 1.81 bits per heavy atom. The Balaban J connectivity index is 3.27. The molecule has 0 spiro atoms. The molecule has 2 nitrogen and oxygen atoms in total. The largest absolute Gasteiger partial charge is 0.309 e. The summed E-state index contributed by atoms with van der Waals surface area (Å²) in [6, 6.07) is 5.70. The number of nitrogens with one attached hydrogen (secondary N) is 1. The molecule has 0 aliphatic rings. The van der Waals surface area contributed by atoms with Gasteiger partial charge in [-0.1, -0.05) is 39.8 Å². The molecule has 2 atom stereocenters. The van der Waals surface area contributed by atoms with Crippen LogP contribution in [0.15, 0.2) is 18.2 Å². The van der Waals surface area contributed by atoms with Gasteiger partial charge < -0.3 is 5.32 Å². The molecule has 0 aromatic heterocycles. The molecule has 1 N–H and O–H groups in total. The predicted octanol–water partition coefficient (Wildman–Crippen LogP) is 4.30. The van der Waals surface area contributed by atoms with Crippen molar-refractivity contribution in [3.8, 4) is 0 Å². The van der Waals surface area contributed by atoms with E-state index >= 15 is 0 Å². The molecule has 1 aromatic carbocycles. The highest BCUT2D eigenvalue weighted by Crippen LogP contribution is 2.34. The van der Waals surface area contributed by atoms with Crippen LogP contribution in [0.2, 0.25) is 0 Å². The summed E-state index contributed by atoms with van der Waals surface area (Å²) in [5.41, 5.74) is 1.91. The molecule has 1 aromatic rings. The molecule has 21 heavy (non-hydrogen) atoms. The van der Waals surface area contributed by atoms with Gasteiger partial charge >= 0.3 is 0 Å². The average Bonchev–Trinajstić information content (AvgIpc) is 2.48. The molecule has 120 valence electrons. The van der Waals surface area contributed by atoms with Crippen molar-refractivity contribution < 1.29 is 4.39 Å². The Bertz CT molecular complexity index is 443. The third-order valence-electron chi connectivity index (χ3n) is 4.75. The highest BCUT2D eigenvalue weighted by molar-refractivity contribution is 5.29. The zero-order chi connectivity index (χ0) is 16.0. The molecule has 0 saturated heterocycles. The molecular formula is C18H31FN2. The van der Waals surface area contributed by atoms with E-state index in [-0.39, 0.29) is 17.4 Å². The first-order valence-electron chi connectivity index (χ1n) is 8.18. The lowest BCUT2D eigenvalue weighted by molar-refractivity contribution is 0.0704. The van der Waals surface area contributed by atoms with Crippen LogP contribution in [0.3, 0.4) is 0 Å². The van der Waals surface area contributed by atoms with Crippen molar-refractivity contribution in [3.05, 3.63) is 35.1 Å². The summed E-state index contributed by atoms with van der Waals surface area (Å²) in [5, 5.41) is 3.62. The van der Waals surface area contributed by atoms with E-state index in [1.54, 1.807) is 6.07 Å². The Kier molecular flexibility index (Phi) is 6.82. The van der Waals surface area contributed by atoms with Crippen molar-refractivity contribution in [3.63, 3.8) is 0 Å². The average molecular weight is 294 g/mol. The fourth-order valence-corrected chi connectivity index (χ4v) is 3.30. The van der Waals surface area contributed by atoms with Gasteiger partial charge in [-0.2, -0.15) is 0 Å². The molecule has 1 rings (SSSR count). The normalized spacial score (nSPS) is 16.0. The maximum Gasteiger partial charge on any atom is 0.126 e. The van der Waals surface area contributed by atoms with E-state index in [1.807, 2.05) is 19.1 Å². The second-order valence-corrected chi connectivity index (χ2v) is 5.88. The predicted molar refractivity (Wildman–Crippen MR) is 89.2 cm³/mol. The fraction of sp³-hybridized carbons (Fsp3) is 0.667. The monoisotopic (exact) mass is 294 g/mol. The van der Waals surface area contributed by atoms with E-state index < -0.39 is 0 Å². The van der Waals surface area contributed by atoms with E-state index in [0.717, 1.165) is 26.1 Å². The van der Waals surface area contributed by atoms with Crippen LogP contribution in [0.5, 0.6) is 0 Å². The minimum atomic E-state index is -0.130. The zero-order valence-corrected chi connectivity index (χ0v) is 14.5. The maximum absolute atomic E-state index is 13.6. The third kappa shape index (κ3) is 3.83. The first-order chi connectivity index (χ1) is 9.94. The summed E-state index contributed by atoms with van der Waals surface area (Å²) in [4.78, 5) is 2.50. The number of halogens is 1. The highest BCUT2D eigenvalue weighted by atomic mass is 19.1. The molecule has 0 aliphatic heterocycles. The van der Waals surface area contributed by atoms with Crippen molar-refractivity contribution in [2.45, 2.75) is 59.5 Å². The van der Waals surface area contributed by atoms with Crippen molar-refractivity contribution in [1.82, 2.24) is 10.2 Å². The van der Waals surface area contributed by atoms with Gasteiger partial charge in [0.05, 0.1) is 6.04 Å². The van der Waals surface area contributed by atoms with E-state index in [1.165, 1.54) is 5.56 Å². The SMILES string of the molecule is CCNC(c1ccc(F)c(C)c1)C(C)(CC)N(CC)CC. The van der Waals surface area contributed by atoms with Crippen molar-refractivity contribution in [2.24, 2.45) is 0 Å². The Morgan fingerprint density at radius 1 is 1.19 bits per heavy atom. The Labute approximate surface area is 129 Å². The smallest absolute Gasteiger partial charge is 0.126 e. The Hall–Kier alpha value is -0.930. The van der Waals surface area contributed by atoms with Gasteiger partial charge in [0.25, 0.3) is 0 Å². The van der Waals surface area contributed by atoms with Crippen LogP contribution in [-0.2, 0) is 0 Å². The van der Waals surface area contributed by atoms with Crippen LogP contribution < -0.4 is 5.32 Å². The van der Waals surface area contributed by atoms with Gasteiger partial charge in [-0.25, -0.2) is 4.39 Å².